The Bertz CT molecular complexity index is 1450. The van der Waals surface area contributed by atoms with Crippen LogP contribution in [0.2, 0.25) is 0 Å². The van der Waals surface area contributed by atoms with Crippen molar-refractivity contribution in [3.8, 4) is 17.5 Å². The van der Waals surface area contributed by atoms with Crippen LogP contribution in [0.5, 0.6) is 0 Å². The van der Waals surface area contributed by atoms with Crippen LogP contribution in [-0.4, -0.2) is 55.7 Å². The predicted molar refractivity (Wildman–Crippen MR) is 148 cm³/mol. The van der Waals surface area contributed by atoms with Gasteiger partial charge in [0.1, 0.15) is 11.1 Å². The van der Waals surface area contributed by atoms with Crippen LogP contribution in [0.15, 0.2) is 36.7 Å². The lowest BCUT2D eigenvalue weighted by molar-refractivity contribution is 0.0904. The van der Waals surface area contributed by atoms with Crippen LogP contribution in [0.1, 0.15) is 56.1 Å². The van der Waals surface area contributed by atoms with Crippen molar-refractivity contribution in [2.45, 2.75) is 51.0 Å². The van der Waals surface area contributed by atoms with Crippen molar-refractivity contribution in [2.24, 2.45) is 10.8 Å². The zero-order chi connectivity index (χ0) is 26.3. The highest BCUT2D eigenvalue weighted by Gasteiger charge is 2.56. The molecule has 0 amide bonds. The van der Waals surface area contributed by atoms with Gasteiger partial charge >= 0.3 is 0 Å². The van der Waals surface area contributed by atoms with Crippen LogP contribution in [0.3, 0.4) is 0 Å². The smallest absolute Gasteiger partial charge is 0.104 e. The van der Waals surface area contributed by atoms with Crippen LogP contribution < -0.4 is 5.32 Å². The molecule has 4 N–H and O–H groups in total. The fourth-order valence-electron chi connectivity index (χ4n) is 6.33. The summed E-state index contributed by atoms with van der Waals surface area (Å²) in [5.74, 6) is 0. The van der Waals surface area contributed by atoms with E-state index in [-0.39, 0.29) is 23.5 Å². The number of aliphatic hydroxyl groups is 1. The van der Waals surface area contributed by atoms with Crippen molar-refractivity contribution in [3.63, 3.8) is 0 Å². The lowest BCUT2D eigenvalue weighted by Crippen LogP contribution is -2.29. The van der Waals surface area contributed by atoms with E-state index in [9.17, 15) is 10.4 Å². The number of nitrogens with one attached hydrogen (secondary N) is 3. The van der Waals surface area contributed by atoms with Gasteiger partial charge in [-0.3, -0.25) is 15.8 Å². The molecule has 2 bridgehead atoms. The minimum Gasteiger partial charge on any atom is -0.396 e. The quantitative estimate of drug-likeness (QED) is 0.264. The lowest BCUT2D eigenvalue weighted by Gasteiger charge is -2.28. The van der Waals surface area contributed by atoms with Crippen molar-refractivity contribution >= 4 is 33.1 Å². The van der Waals surface area contributed by atoms with Gasteiger partial charge in [0.2, 0.25) is 0 Å². The Kier molecular flexibility index (Phi) is 6.46. The van der Waals surface area contributed by atoms with Crippen LogP contribution in [0.4, 0.5) is 5.69 Å². The average Bonchev–Trinajstić information content (AvgIpc) is 3.66. The maximum absolute atomic E-state index is 9.92. The third-order valence-electron chi connectivity index (χ3n) is 8.62. The highest BCUT2D eigenvalue weighted by Crippen LogP contribution is 2.63. The number of fused-ring (bicyclic) bond motifs is 3. The molecule has 196 valence electrons. The van der Waals surface area contributed by atoms with E-state index in [0.29, 0.717) is 40.1 Å². The second kappa shape index (κ2) is 9.80. The van der Waals surface area contributed by atoms with Crippen LogP contribution >= 0.6 is 11.8 Å². The van der Waals surface area contributed by atoms with Crippen LogP contribution in [0, 0.1) is 33.0 Å². The number of anilines is 1. The molecule has 0 spiro atoms. The number of hydrogen-bond acceptors (Lipinski definition) is 9. The third-order valence-corrected chi connectivity index (χ3v) is 9.68. The van der Waals surface area contributed by atoms with Gasteiger partial charge in [-0.05, 0) is 74.6 Å². The molecule has 1 saturated heterocycles. The van der Waals surface area contributed by atoms with E-state index < -0.39 is 0 Å². The molecule has 10 heteroatoms. The molecule has 0 aromatic carbocycles. The Morgan fingerprint density at radius 2 is 1.97 bits per heavy atom. The summed E-state index contributed by atoms with van der Waals surface area (Å²) in [5.41, 5.74) is 4.08. The molecule has 2 saturated carbocycles. The molecule has 3 aromatic heterocycles. The molecule has 3 fully saturated rings. The van der Waals surface area contributed by atoms with Crippen molar-refractivity contribution in [1.29, 1.82) is 16.1 Å². The van der Waals surface area contributed by atoms with Gasteiger partial charge in [0.15, 0.2) is 0 Å². The Labute approximate surface area is 225 Å². The lowest BCUT2D eigenvalue weighted by atomic mass is 9.83. The molecule has 38 heavy (non-hydrogen) atoms. The number of aromatic nitrogens is 3. The van der Waals surface area contributed by atoms with Gasteiger partial charge < -0.3 is 15.2 Å². The SMILES string of the molecule is N#Cc1cnn2c(-c3cc(NC4CCOCC4)c(C(=N)SC(=N)C45CCC(CO)(CC4)C5)cn3)ccc2c1. The summed E-state index contributed by atoms with van der Waals surface area (Å²) in [6.45, 7) is 1.59. The van der Waals surface area contributed by atoms with E-state index in [0.717, 1.165) is 61.8 Å². The van der Waals surface area contributed by atoms with E-state index in [1.807, 2.05) is 18.2 Å². The largest absolute Gasteiger partial charge is 0.396 e. The summed E-state index contributed by atoms with van der Waals surface area (Å²) in [6, 6.07) is 9.96. The molecule has 0 unspecified atom stereocenters. The van der Waals surface area contributed by atoms with E-state index >= 15 is 0 Å². The first kappa shape index (κ1) is 25.0. The molecule has 3 aliphatic rings. The Hall–Kier alpha value is -3.26. The molecule has 4 heterocycles. The number of hydrogen-bond donors (Lipinski definition) is 4. The molecule has 1 aliphatic heterocycles. The number of aliphatic hydroxyl groups excluding tert-OH is 1. The van der Waals surface area contributed by atoms with E-state index in [1.165, 1.54) is 11.8 Å². The first-order chi connectivity index (χ1) is 18.4. The highest BCUT2D eigenvalue weighted by atomic mass is 32.2. The molecule has 3 aromatic rings. The molecule has 0 atom stereocenters. The van der Waals surface area contributed by atoms with Crippen LogP contribution in [0.25, 0.3) is 16.9 Å². The van der Waals surface area contributed by atoms with Crippen molar-refractivity contribution in [3.05, 3.63) is 47.8 Å². The second-order valence-electron chi connectivity index (χ2n) is 10.9. The number of nitrogens with zero attached hydrogens (tertiary/aromatic N) is 4. The maximum Gasteiger partial charge on any atom is 0.104 e. The van der Waals surface area contributed by atoms with Gasteiger partial charge in [-0.1, -0.05) is 11.8 Å². The molecule has 6 rings (SSSR count). The van der Waals surface area contributed by atoms with E-state index in [4.69, 9.17) is 20.5 Å². The fourth-order valence-corrected chi connectivity index (χ4v) is 7.30. The summed E-state index contributed by atoms with van der Waals surface area (Å²) < 4.78 is 7.31. The zero-order valence-electron chi connectivity index (χ0n) is 21.2. The second-order valence-corrected chi connectivity index (χ2v) is 12.0. The topological polar surface area (TPSA) is 143 Å². The third kappa shape index (κ3) is 4.38. The van der Waals surface area contributed by atoms with E-state index in [1.54, 1.807) is 23.0 Å². The summed E-state index contributed by atoms with van der Waals surface area (Å²) in [5, 5.41) is 46.0. The van der Waals surface area contributed by atoms with Gasteiger partial charge in [0.05, 0.1) is 33.7 Å². The first-order valence-corrected chi connectivity index (χ1v) is 14.0. The standard InChI is InChI=1S/C28H31N7O2S/c29-13-18-11-20-1-2-24(35(20)33-14-18)23-12-22(34-19-3-9-37-10-4-19)21(15-32-23)25(30)38-26(31)28-7-5-27(16-28,17-36)6-8-28/h1-2,11-12,14-15,19,30-31,36H,3-10,16-17H2,(H,32,34). The molecular formula is C28H31N7O2S. The highest BCUT2D eigenvalue weighted by molar-refractivity contribution is 8.26. The Balaban J connectivity index is 1.30. The zero-order valence-corrected chi connectivity index (χ0v) is 22.0. The number of thioether (sulfide) groups is 1. The summed E-state index contributed by atoms with van der Waals surface area (Å²) >= 11 is 1.23. The van der Waals surface area contributed by atoms with Gasteiger partial charge in [0, 0.05) is 48.7 Å². The Morgan fingerprint density at radius 3 is 2.68 bits per heavy atom. The molecule has 9 nitrogen and oxygen atoms in total. The summed E-state index contributed by atoms with van der Waals surface area (Å²) in [7, 11) is 0. The van der Waals surface area contributed by atoms with E-state index in [2.05, 4.69) is 16.5 Å². The van der Waals surface area contributed by atoms with Gasteiger partial charge in [-0.25, -0.2) is 4.52 Å². The van der Waals surface area contributed by atoms with Crippen molar-refractivity contribution < 1.29 is 9.84 Å². The predicted octanol–water partition coefficient (Wildman–Crippen LogP) is 4.84. The average molecular weight is 530 g/mol. The summed E-state index contributed by atoms with van der Waals surface area (Å²) in [4.78, 5) is 4.72. The minimum absolute atomic E-state index is 0.0317. The number of nitriles is 1. The number of ether oxygens (including phenoxy) is 1. The van der Waals surface area contributed by atoms with Crippen molar-refractivity contribution in [2.75, 3.05) is 25.1 Å². The summed E-state index contributed by atoms with van der Waals surface area (Å²) in [6.07, 6.45) is 9.63. The fraction of sp³-hybridized carbons (Fsp3) is 0.464. The van der Waals surface area contributed by atoms with Gasteiger partial charge in [-0.2, -0.15) is 10.4 Å². The molecule has 0 radical (unpaired) electrons. The van der Waals surface area contributed by atoms with Crippen molar-refractivity contribution in [1.82, 2.24) is 14.6 Å². The molecule has 2 aliphatic carbocycles. The Morgan fingerprint density at radius 1 is 1.18 bits per heavy atom. The van der Waals surface area contributed by atoms with Gasteiger partial charge in [-0.15, -0.1) is 0 Å². The number of pyridine rings is 1. The maximum atomic E-state index is 9.92. The normalized spacial score (nSPS) is 24.9. The minimum atomic E-state index is -0.208. The van der Waals surface area contributed by atoms with Crippen LogP contribution in [-0.2, 0) is 4.74 Å². The monoisotopic (exact) mass is 529 g/mol. The van der Waals surface area contributed by atoms with Gasteiger partial charge in [0.25, 0.3) is 0 Å². The first-order valence-electron chi connectivity index (χ1n) is 13.1. The molecular weight excluding hydrogens is 498 g/mol. The number of rotatable bonds is 6.